The van der Waals surface area contributed by atoms with Crippen molar-refractivity contribution in [2.75, 3.05) is 11.2 Å². The minimum Gasteiger partial charge on any atom is -0.382 e. The van der Waals surface area contributed by atoms with Gasteiger partial charge in [0.2, 0.25) is 9.84 Å². The van der Waals surface area contributed by atoms with Crippen LogP contribution in [0.15, 0.2) is 88.7 Å². The molecule has 11 nitrogen and oxygen atoms in total. The molecule has 12 heteroatoms. The summed E-state index contributed by atoms with van der Waals surface area (Å²) in [5.74, 6) is -1.06. The number of sulfone groups is 1. The number of hydrogen-bond acceptors (Lipinski definition) is 8. The van der Waals surface area contributed by atoms with Gasteiger partial charge in [0.05, 0.1) is 20.9 Å². The van der Waals surface area contributed by atoms with Gasteiger partial charge in [-0.05, 0) is 30.3 Å². The predicted molar refractivity (Wildman–Crippen MR) is 128 cm³/mol. The van der Waals surface area contributed by atoms with Gasteiger partial charge in [0, 0.05) is 17.7 Å². The monoisotopic (exact) mass is 488 g/mol. The Morgan fingerprint density at radius 2 is 1.60 bits per heavy atom. The minimum atomic E-state index is -4.15. The second-order valence-corrected chi connectivity index (χ2v) is 9.39. The van der Waals surface area contributed by atoms with Crippen molar-refractivity contribution in [1.29, 1.82) is 0 Å². The zero-order chi connectivity index (χ0) is 24.7. The average Bonchev–Trinajstić information content (AvgIpc) is 3.13. The van der Waals surface area contributed by atoms with Crippen molar-refractivity contribution in [1.82, 2.24) is 14.6 Å². The van der Waals surface area contributed by atoms with E-state index < -0.39 is 20.7 Å². The molecular weight excluding hydrogens is 472 g/mol. The van der Waals surface area contributed by atoms with E-state index >= 15 is 0 Å². The van der Waals surface area contributed by atoms with Crippen LogP contribution in [-0.2, 0) is 9.84 Å². The summed E-state index contributed by atoms with van der Waals surface area (Å²) < 4.78 is 28.1. The molecule has 0 spiro atoms. The zero-order valence-corrected chi connectivity index (χ0v) is 18.6. The number of nitrogens with zero attached hydrogens (tertiary/aromatic N) is 4. The van der Waals surface area contributed by atoms with Crippen molar-refractivity contribution in [3.8, 4) is 0 Å². The fourth-order valence-electron chi connectivity index (χ4n) is 3.66. The Labute approximate surface area is 197 Å². The third-order valence-electron chi connectivity index (χ3n) is 5.31. The van der Waals surface area contributed by atoms with Crippen LogP contribution in [0.2, 0.25) is 0 Å². The number of rotatable bonds is 5. The fourth-order valence-corrected chi connectivity index (χ4v) is 5.17. The van der Waals surface area contributed by atoms with Crippen LogP contribution in [0.1, 0.15) is 10.4 Å². The van der Waals surface area contributed by atoms with Crippen molar-refractivity contribution in [2.24, 2.45) is 0 Å². The molecule has 0 aliphatic rings. The van der Waals surface area contributed by atoms with Gasteiger partial charge in [-0.15, -0.1) is 0 Å². The van der Waals surface area contributed by atoms with Gasteiger partial charge in [0.25, 0.3) is 11.6 Å². The minimum absolute atomic E-state index is 0.00859. The van der Waals surface area contributed by atoms with E-state index in [1.54, 1.807) is 42.5 Å². The van der Waals surface area contributed by atoms with Gasteiger partial charge >= 0.3 is 0 Å². The molecule has 3 N–H and O–H groups in total. The number of aromatic nitrogens is 3. The molecule has 1 amide bonds. The number of nitrogen functional groups attached to an aromatic ring is 1. The first-order valence-electron chi connectivity index (χ1n) is 10.2. The number of fused-ring (bicyclic) bond motifs is 2. The second-order valence-electron chi connectivity index (χ2n) is 7.50. The summed E-state index contributed by atoms with van der Waals surface area (Å²) in [4.78, 5) is 32.1. The van der Waals surface area contributed by atoms with Crippen molar-refractivity contribution in [3.63, 3.8) is 0 Å². The number of amides is 1. The highest BCUT2D eigenvalue weighted by Crippen LogP contribution is 2.34. The van der Waals surface area contributed by atoms with E-state index in [4.69, 9.17) is 5.73 Å². The molecule has 5 rings (SSSR count). The van der Waals surface area contributed by atoms with E-state index in [1.165, 1.54) is 30.3 Å². The van der Waals surface area contributed by atoms with Gasteiger partial charge in [0.15, 0.2) is 5.65 Å². The third-order valence-corrected chi connectivity index (χ3v) is 7.14. The van der Waals surface area contributed by atoms with Crippen LogP contribution >= 0.6 is 0 Å². The van der Waals surface area contributed by atoms with E-state index in [0.29, 0.717) is 11.0 Å². The van der Waals surface area contributed by atoms with Crippen LogP contribution in [-0.4, -0.2) is 33.9 Å². The Bertz CT molecular complexity index is 1750. The average molecular weight is 488 g/mol. The van der Waals surface area contributed by atoms with Crippen LogP contribution < -0.4 is 11.2 Å². The summed E-state index contributed by atoms with van der Waals surface area (Å²) in [5.41, 5.74) is 9.36. The molecule has 0 aliphatic carbocycles. The standard InChI is InChI=1S/C23H16N6O5S/c24-21-20(35(33,34)16-9-2-1-3-10-16)19-22(26-18-12-5-4-11-17(18)25-19)28(21)27-23(30)14-7-6-8-15(13-14)29(31)32/h1-13H,24H2,(H,27,30). The van der Waals surface area contributed by atoms with Gasteiger partial charge in [0.1, 0.15) is 16.2 Å². The molecule has 0 atom stereocenters. The largest absolute Gasteiger partial charge is 0.382 e. The number of non-ortho nitro benzene ring substituents is 1. The molecule has 0 unspecified atom stereocenters. The van der Waals surface area contributed by atoms with Crippen LogP contribution in [0.3, 0.4) is 0 Å². The van der Waals surface area contributed by atoms with Crippen molar-refractivity contribution >= 4 is 49.4 Å². The molecule has 3 aromatic carbocycles. The van der Waals surface area contributed by atoms with E-state index in [2.05, 4.69) is 15.4 Å². The van der Waals surface area contributed by atoms with E-state index in [1.807, 2.05) is 0 Å². The van der Waals surface area contributed by atoms with E-state index in [9.17, 15) is 23.3 Å². The number of carbonyl (C=O) groups is 1. The summed E-state index contributed by atoms with van der Waals surface area (Å²) in [7, 11) is -4.15. The lowest BCUT2D eigenvalue weighted by Crippen LogP contribution is -2.25. The zero-order valence-electron chi connectivity index (χ0n) is 17.8. The molecular formula is C23H16N6O5S. The first-order valence-corrected chi connectivity index (χ1v) is 11.7. The number of nitrogens with one attached hydrogen (secondary N) is 1. The normalized spacial score (nSPS) is 11.5. The summed E-state index contributed by atoms with van der Waals surface area (Å²) in [6.07, 6.45) is 0. The highest BCUT2D eigenvalue weighted by Gasteiger charge is 2.31. The van der Waals surface area contributed by atoms with Crippen molar-refractivity contribution in [2.45, 2.75) is 9.79 Å². The van der Waals surface area contributed by atoms with Gasteiger partial charge in [-0.3, -0.25) is 20.3 Å². The molecule has 0 fully saturated rings. The van der Waals surface area contributed by atoms with Gasteiger partial charge < -0.3 is 5.73 Å². The SMILES string of the molecule is Nc1c(S(=O)(=O)c2ccccc2)c2nc3ccccc3nc2n1NC(=O)c1cccc([N+](=O)[O-])c1. The number of hydrogen-bond donors (Lipinski definition) is 2. The summed E-state index contributed by atoms with van der Waals surface area (Å²) >= 11 is 0. The lowest BCUT2D eigenvalue weighted by molar-refractivity contribution is -0.384. The summed E-state index contributed by atoms with van der Waals surface area (Å²) in [6, 6.07) is 19.6. The number of benzene rings is 3. The molecule has 5 aromatic rings. The van der Waals surface area contributed by atoms with Gasteiger partial charge in [-0.2, -0.15) is 0 Å². The molecule has 174 valence electrons. The smallest absolute Gasteiger partial charge is 0.270 e. The highest BCUT2D eigenvalue weighted by molar-refractivity contribution is 7.92. The molecule has 35 heavy (non-hydrogen) atoms. The van der Waals surface area contributed by atoms with E-state index in [-0.39, 0.29) is 38.0 Å². The first-order chi connectivity index (χ1) is 16.8. The predicted octanol–water partition coefficient (Wildman–Crippen LogP) is 3.29. The van der Waals surface area contributed by atoms with Crippen molar-refractivity contribution < 1.29 is 18.1 Å². The number of nitrogens with two attached hydrogens (primary N) is 1. The quantitative estimate of drug-likeness (QED) is 0.281. The lowest BCUT2D eigenvalue weighted by Gasteiger charge is -2.10. The van der Waals surface area contributed by atoms with Crippen molar-refractivity contribution in [3.05, 3.63) is 94.5 Å². The third kappa shape index (κ3) is 3.71. The van der Waals surface area contributed by atoms with Gasteiger partial charge in [-0.1, -0.05) is 36.4 Å². The maximum atomic E-state index is 13.5. The Hall–Kier alpha value is -4.84. The van der Waals surface area contributed by atoms with Crippen LogP contribution in [0.25, 0.3) is 22.2 Å². The number of nitro groups is 1. The second kappa shape index (κ2) is 8.18. The summed E-state index contributed by atoms with van der Waals surface area (Å²) in [5, 5.41) is 11.1. The van der Waals surface area contributed by atoms with Gasteiger partial charge in [-0.25, -0.2) is 23.1 Å². The molecule has 0 aliphatic heterocycles. The van der Waals surface area contributed by atoms with E-state index in [0.717, 1.165) is 10.7 Å². The first kappa shape index (κ1) is 22.0. The number of nitro benzene ring substituents is 1. The Balaban J connectivity index is 1.73. The molecule has 0 saturated heterocycles. The topological polar surface area (TPSA) is 163 Å². The Morgan fingerprint density at radius 1 is 0.943 bits per heavy atom. The molecule has 0 saturated carbocycles. The fraction of sp³-hybridized carbons (Fsp3) is 0. The highest BCUT2D eigenvalue weighted by atomic mass is 32.2. The Kier molecular flexibility index (Phi) is 5.14. The molecule has 0 bridgehead atoms. The number of anilines is 1. The maximum absolute atomic E-state index is 13.5. The maximum Gasteiger partial charge on any atom is 0.270 e. The molecule has 2 heterocycles. The summed E-state index contributed by atoms with van der Waals surface area (Å²) in [6.45, 7) is 0. The van der Waals surface area contributed by atoms with Crippen LogP contribution in [0, 0.1) is 10.1 Å². The number of para-hydroxylation sites is 2. The lowest BCUT2D eigenvalue weighted by atomic mass is 10.2. The molecule has 0 radical (unpaired) electrons. The Morgan fingerprint density at radius 3 is 2.29 bits per heavy atom. The molecule has 2 aromatic heterocycles. The number of carbonyl (C=O) groups excluding carboxylic acids is 1. The van der Waals surface area contributed by atoms with Crippen LogP contribution in [0.4, 0.5) is 11.5 Å². The van der Waals surface area contributed by atoms with Crippen LogP contribution in [0.5, 0.6) is 0 Å².